The minimum absolute atomic E-state index is 0.781. The Kier molecular flexibility index (Phi) is 8.04. The van der Waals surface area contributed by atoms with Crippen molar-refractivity contribution in [1.29, 1.82) is 0 Å². The highest BCUT2D eigenvalue weighted by Gasteiger charge is 2.23. The Balaban J connectivity index is 2.03. The molecular formula is C14H27NS. The number of hydrogen-bond donors (Lipinski definition) is 1. The van der Waals surface area contributed by atoms with Gasteiger partial charge in [-0.15, -0.1) is 6.58 Å². The van der Waals surface area contributed by atoms with Crippen LogP contribution in [0.1, 0.15) is 51.4 Å². The van der Waals surface area contributed by atoms with Crippen molar-refractivity contribution in [2.24, 2.45) is 0 Å². The molecule has 1 fully saturated rings. The van der Waals surface area contributed by atoms with E-state index < -0.39 is 0 Å². The summed E-state index contributed by atoms with van der Waals surface area (Å²) in [7, 11) is 0. The van der Waals surface area contributed by atoms with E-state index >= 15 is 0 Å². The molecule has 2 unspecified atom stereocenters. The van der Waals surface area contributed by atoms with Crippen molar-refractivity contribution in [2.45, 2.75) is 62.7 Å². The molecule has 0 aliphatic heterocycles. The molecule has 2 atom stereocenters. The number of allylic oxidation sites excluding steroid dienone is 1. The van der Waals surface area contributed by atoms with Crippen molar-refractivity contribution in [3.8, 4) is 0 Å². The number of hydrogen-bond acceptors (Lipinski definition) is 2. The second kappa shape index (κ2) is 9.12. The first-order valence-corrected chi connectivity index (χ1v) is 8.04. The standard InChI is InChI=1S/C14H27NS/c1-3-4-5-6-9-12-15-13-10-7-8-11-14(13)16-2/h3,13-15H,1,4-12H2,2H3. The van der Waals surface area contributed by atoms with Gasteiger partial charge in [0.2, 0.25) is 0 Å². The lowest BCUT2D eigenvalue weighted by Crippen LogP contribution is -2.40. The van der Waals surface area contributed by atoms with Gasteiger partial charge < -0.3 is 5.32 Å². The Morgan fingerprint density at radius 2 is 2.06 bits per heavy atom. The molecule has 0 spiro atoms. The lowest BCUT2D eigenvalue weighted by Gasteiger charge is -2.31. The van der Waals surface area contributed by atoms with E-state index in [-0.39, 0.29) is 0 Å². The van der Waals surface area contributed by atoms with Gasteiger partial charge in [0.15, 0.2) is 0 Å². The molecule has 0 radical (unpaired) electrons. The third kappa shape index (κ3) is 5.40. The Hall–Kier alpha value is 0.0500. The molecule has 2 heteroatoms. The largest absolute Gasteiger partial charge is 0.313 e. The van der Waals surface area contributed by atoms with Crippen molar-refractivity contribution in [3.05, 3.63) is 12.7 Å². The molecular weight excluding hydrogens is 214 g/mol. The van der Waals surface area contributed by atoms with Gasteiger partial charge in [0, 0.05) is 11.3 Å². The fraction of sp³-hybridized carbons (Fsp3) is 0.857. The number of nitrogens with one attached hydrogen (secondary N) is 1. The first-order chi connectivity index (χ1) is 7.88. The second-order valence-electron chi connectivity index (χ2n) is 4.76. The first kappa shape index (κ1) is 14.1. The van der Waals surface area contributed by atoms with E-state index in [0.29, 0.717) is 0 Å². The van der Waals surface area contributed by atoms with Gasteiger partial charge in [-0.2, -0.15) is 11.8 Å². The van der Waals surface area contributed by atoms with Crippen LogP contribution in [0.15, 0.2) is 12.7 Å². The van der Waals surface area contributed by atoms with Gasteiger partial charge in [0.1, 0.15) is 0 Å². The van der Waals surface area contributed by atoms with Crippen LogP contribution in [0.4, 0.5) is 0 Å². The zero-order chi connectivity index (χ0) is 11.6. The minimum Gasteiger partial charge on any atom is -0.313 e. The van der Waals surface area contributed by atoms with E-state index in [1.165, 1.54) is 57.9 Å². The van der Waals surface area contributed by atoms with E-state index in [2.05, 4.69) is 29.9 Å². The Morgan fingerprint density at radius 3 is 2.81 bits per heavy atom. The monoisotopic (exact) mass is 241 g/mol. The Morgan fingerprint density at radius 1 is 1.25 bits per heavy atom. The van der Waals surface area contributed by atoms with Crippen LogP contribution in [-0.4, -0.2) is 24.1 Å². The maximum atomic E-state index is 3.75. The van der Waals surface area contributed by atoms with Crippen LogP contribution in [0.3, 0.4) is 0 Å². The van der Waals surface area contributed by atoms with E-state index in [9.17, 15) is 0 Å². The number of thioether (sulfide) groups is 1. The molecule has 0 aromatic rings. The molecule has 1 nitrogen and oxygen atoms in total. The zero-order valence-electron chi connectivity index (χ0n) is 10.7. The molecule has 1 aliphatic rings. The molecule has 94 valence electrons. The summed E-state index contributed by atoms with van der Waals surface area (Å²) in [5, 5.41) is 4.62. The fourth-order valence-corrected chi connectivity index (χ4v) is 3.45. The van der Waals surface area contributed by atoms with E-state index in [0.717, 1.165) is 11.3 Å². The van der Waals surface area contributed by atoms with Crippen molar-refractivity contribution >= 4 is 11.8 Å². The molecule has 0 heterocycles. The third-order valence-corrected chi connectivity index (χ3v) is 4.67. The van der Waals surface area contributed by atoms with Gasteiger partial charge in [0.05, 0.1) is 0 Å². The van der Waals surface area contributed by atoms with Crippen molar-refractivity contribution in [3.63, 3.8) is 0 Å². The molecule has 1 aliphatic carbocycles. The second-order valence-corrected chi connectivity index (χ2v) is 5.83. The van der Waals surface area contributed by atoms with Gasteiger partial charge in [-0.25, -0.2) is 0 Å². The van der Waals surface area contributed by atoms with Gasteiger partial charge in [-0.1, -0.05) is 25.3 Å². The topological polar surface area (TPSA) is 12.0 Å². The van der Waals surface area contributed by atoms with Gasteiger partial charge in [-0.05, 0) is 44.9 Å². The van der Waals surface area contributed by atoms with Crippen LogP contribution in [-0.2, 0) is 0 Å². The average molecular weight is 241 g/mol. The van der Waals surface area contributed by atoms with E-state index in [4.69, 9.17) is 0 Å². The summed E-state index contributed by atoms with van der Waals surface area (Å²) >= 11 is 2.05. The van der Waals surface area contributed by atoms with Crippen LogP contribution in [0.2, 0.25) is 0 Å². The number of rotatable bonds is 8. The smallest absolute Gasteiger partial charge is 0.0198 e. The third-order valence-electron chi connectivity index (χ3n) is 3.50. The molecule has 16 heavy (non-hydrogen) atoms. The average Bonchev–Trinajstić information content (AvgIpc) is 2.34. The maximum Gasteiger partial charge on any atom is 0.0198 e. The van der Waals surface area contributed by atoms with Crippen LogP contribution in [0.5, 0.6) is 0 Å². The summed E-state index contributed by atoms with van der Waals surface area (Å²) in [6.45, 7) is 4.96. The predicted molar refractivity (Wildman–Crippen MR) is 76.2 cm³/mol. The summed E-state index contributed by atoms with van der Waals surface area (Å²) in [5.74, 6) is 0. The normalized spacial score (nSPS) is 25.6. The van der Waals surface area contributed by atoms with Crippen LogP contribution < -0.4 is 5.32 Å². The Labute approximate surface area is 105 Å². The van der Waals surface area contributed by atoms with E-state index in [1.807, 2.05) is 6.08 Å². The van der Waals surface area contributed by atoms with Crippen LogP contribution in [0, 0.1) is 0 Å². The quantitative estimate of drug-likeness (QED) is 0.509. The Bertz CT molecular complexity index is 182. The van der Waals surface area contributed by atoms with Gasteiger partial charge >= 0.3 is 0 Å². The molecule has 0 bridgehead atoms. The summed E-state index contributed by atoms with van der Waals surface area (Å²) in [5.41, 5.74) is 0. The molecule has 0 amide bonds. The molecule has 0 aromatic heterocycles. The van der Waals surface area contributed by atoms with Gasteiger partial charge in [-0.3, -0.25) is 0 Å². The summed E-state index contributed by atoms with van der Waals surface area (Å²) in [4.78, 5) is 0. The molecule has 0 saturated heterocycles. The SMILES string of the molecule is C=CCCCCCNC1CCCCC1SC. The van der Waals surface area contributed by atoms with Crippen molar-refractivity contribution < 1.29 is 0 Å². The summed E-state index contributed by atoms with van der Waals surface area (Å²) < 4.78 is 0. The van der Waals surface area contributed by atoms with Gasteiger partial charge in [0.25, 0.3) is 0 Å². The molecule has 1 N–H and O–H groups in total. The lowest BCUT2D eigenvalue weighted by atomic mass is 9.95. The minimum atomic E-state index is 0.781. The molecule has 1 rings (SSSR count). The summed E-state index contributed by atoms with van der Waals surface area (Å²) in [6, 6.07) is 0.781. The predicted octanol–water partition coefficient (Wildman–Crippen LogP) is 4.00. The van der Waals surface area contributed by atoms with Crippen molar-refractivity contribution in [1.82, 2.24) is 5.32 Å². The molecule has 1 saturated carbocycles. The first-order valence-electron chi connectivity index (χ1n) is 6.75. The highest BCUT2D eigenvalue weighted by Crippen LogP contribution is 2.27. The number of unbranched alkanes of at least 4 members (excludes halogenated alkanes) is 3. The van der Waals surface area contributed by atoms with E-state index in [1.54, 1.807) is 0 Å². The maximum absolute atomic E-state index is 3.75. The summed E-state index contributed by atoms with van der Waals surface area (Å²) in [6.07, 6.45) is 15.1. The highest BCUT2D eigenvalue weighted by molar-refractivity contribution is 7.99. The van der Waals surface area contributed by atoms with Crippen LogP contribution in [0.25, 0.3) is 0 Å². The van der Waals surface area contributed by atoms with Crippen molar-refractivity contribution in [2.75, 3.05) is 12.8 Å². The zero-order valence-corrected chi connectivity index (χ0v) is 11.5. The lowest BCUT2D eigenvalue weighted by molar-refractivity contribution is 0.380. The molecule has 0 aromatic carbocycles. The van der Waals surface area contributed by atoms with Crippen LogP contribution >= 0.6 is 11.8 Å². The fourth-order valence-electron chi connectivity index (χ4n) is 2.49. The highest BCUT2D eigenvalue weighted by atomic mass is 32.2.